The fourth-order valence-corrected chi connectivity index (χ4v) is 1.36. The van der Waals surface area contributed by atoms with Gasteiger partial charge in [0.2, 0.25) is 0 Å². The van der Waals surface area contributed by atoms with Gasteiger partial charge in [0.05, 0.1) is 12.7 Å². The highest BCUT2D eigenvalue weighted by Gasteiger charge is 2.32. The Hall–Kier alpha value is -0.990. The van der Waals surface area contributed by atoms with Crippen molar-refractivity contribution in [1.29, 1.82) is 0 Å². The van der Waals surface area contributed by atoms with Crippen LogP contribution in [0.3, 0.4) is 0 Å². The number of esters is 1. The van der Waals surface area contributed by atoms with Gasteiger partial charge in [-0.3, -0.25) is 0 Å². The predicted octanol–water partition coefficient (Wildman–Crippen LogP) is 2.27. The Morgan fingerprint density at radius 2 is 2.21 bits per heavy atom. The maximum absolute atomic E-state index is 11.2. The molecule has 1 rings (SSSR count). The molecule has 3 heteroatoms. The number of carbonyl (C=O) groups is 1. The van der Waals surface area contributed by atoms with E-state index in [-0.39, 0.29) is 17.5 Å². The van der Waals surface area contributed by atoms with Gasteiger partial charge in [0.25, 0.3) is 0 Å². The molecule has 0 aromatic heterocycles. The molecule has 1 aliphatic heterocycles. The Bertz CT molecular complexity index is 248. The third kappa shape index (κ3) is 2.76. The van der Waals surface area contributed by atoms with E-state index >= 15 is 0 Å². The van der Waals surface area contributed by atoms with E-state index in [4.69, 9.17) is 9.47 Å². The molecule has 0 radical (unpaired) electrons. The topological polar surface area (TPSA) is 35.5 Å². The Morgan fingerprint density at radius 1 is 1.57 bits per heavy atom. The van der Waals surface area contributed by atoms with Crippen molar-refractivity contribution in [3.8, 4) is 0 Å². The molecule has 3 nitrogen and oxygen atoms in total. The number of cyclic esters (lactones) is 1. The Kier molecular flexibility index (Phi) is 3.19. The minimum atomic E-state index is -0.292. The van der Waals surface area contributed by atoms with Gasteiger partial charge < -0.3 is 9.47 Å². The fourth-order valence-electron chi connectivity index (χ4n) is 1.36. The number of hydrogen-bond acceptors (Lipinski definition) is 3. The lowest BCUT2D eigenvalue weighted by Crippen LogP contribution is -2.34. The van der Waals surface area contributed by atoms with E-state index in [1.165, 1.54) is 6.08 Å². The van der Waals surface area contributed by atoms with Crippen molar-refractivity contribution in [3.05, 3.63) is 11.8 Å². The van der Waals surface area contributed by atoms with Crippen LogP contribution in [0.1, 0.15) is 34.1 Å². The third-order valence-corrected chi connectivity index (χ3v) is 2.22. The summed E-state index contributed by atoms with van der Waals surface area (Å²) in [6.07, 6.45) is 2.04. The molecule has 1 aliphatic rings. The molecule has 0 aliphatic carbocycles. The summed E-state index contributed by atoms with van der Waals surface area (Å²) < 4.78 is 10.6. The average molecular weight is 198 g/mol. The summed E-state index contributed by atoms with van der Waals surface area (Å²) in [4.78, 5) is 11.2. The first-order chi connectivity index (χ1) is 6.43. The second-order valence-electron chi connectivity index (χ2n) is 4.54. The zero-order valence-corrected chi connectivity index (χ0v) is 9.29. The van der Waals surface area contributed by atoms with E-state index in [2.05, 4.69) is 20.8 Å². The fraction of sp³-hybridized carbons (Fsp3) is 0.727. The van der Waals surface area contributed by atoms with Crippen molar-refractivity contribution >= 4 is 5.97 Å². The van der Waals surface area contributed by atoms with Crippen molar-refractivity contribution in [2.75, 3.05) is 6.61 Å². The van der Waals surface area contributed by atoms with Crippen LogP contribution in [-0.4, -0.2) is 18.7 Å². The highest BCUT2D eigenvalue weighted by Crippen LogP contribution is 2.30. The average Bonchev–Trinajstić information content (AvgIpc) is 2.02. The number of ether oxygens (including phenoxy) is 2. The maximum atomic E-state index is 11.2. The lowest BCUT2D eigenvalue weighted by Gasteiger charge is -2.32. The number of carbonyl (C=O) groups excluding carboxylic acids is 1. The first kappa shape index (κ1) is 11.1. The molecule has 0 fully saturated rings. The van der Waals surface area contributed by atoms with E-state index in [0.717, 1.165) is 5.76 Å². The van der Waals surface area contributed by atoms with Gasteiger partial charge in [-0.05, 0) is 12.3 Å². The Balaban J connectivity index is 2.71. The highest BCUT2D eigenvalue weighted by molar-refractivity contribution is 5.83. The maximum Gasteiger partial charge on any atom is 0.334 e. The molecular weight excluding hydrogens is 180 g/mol. The molecule has 0 spiro atoms. The molecular formula is C11H18O3. The largest absolute Gasteiger partial charge is 0.498 e. The lowest BCUT2D eigenvalue weighted by atomic mass is 9.86. The molecule has 0 N–H and O–H groups in total. The summed E-state index contributed by atoms with van der Waals surface area (Å²) >= 11 is 0. The van der Waals surface area contributed by atoms with Gasteiger partial charge >= 0.3 is 5.97 Å². The second-order valence-corrected chi connectivity index (χ2v) is 4.54. The summed E-state index contributed by atoms with van der Waals surface area (Å²) in [6, 6.07) is 0. The Morgan fingerprint density at radius 3 is 2.71 bits per heavy atom. The monoisotopic (exact) mass is 198 g/mol. The molecule has 1 atom stereocenters. The predicted molar refractivity (Wildman–Crippen MR) is 53.7 cm³/mol. The second kappa shape index (κ2) is 4.03. The van der Waals surface area contributed by atoms with Crippen LogP contribution in [0.15, 0.2) is 11.8 Å². The molecule has 0 bridgehead atoms. The third-order valence-electron chi connectivity index (χ3n) is 2.22. The van der Waals surface area contributed by atoms with Crippen LogP contribution in [0.25, 0.3) is 0 Å². The summed E-state index contributed by atoms with van der Waals surface area (Å²) in [7, 11) is 0. The van der Waals surface area contributed by atoms with Crippen LogP contribution in [0.2, 0.25) is 0 Å². The van der Waals surface area contributed by atoms with E-state index < -0.39 is 0 Å². The first-order valence-electron chi connectivity index (χ1n) is 4.97. The Labute approximate surface area is 85.1 Å². The summed E-state index contributed by atoms with van der Waals surface area (Å²) in [5.74, 6) is 0.448. The summed E-state index contributed by atoms with van der Waals surface area (Å²) in [5.41, 5.74) is -0.0354. The van der Waals surface area contributed by atoms with Gasteiger partial charge in [-0.1, -0.05) is 20.8 Å². The highest BCUT2D eigenvalue weighted by atomic mass is 16.6. The van der Waals surface area contributed by atoms with E-state index in [9.17, 15) is 4.79 Å². The normalized spacial score (nSPS) is 22.7. The number of rotatable bonds is 2. The van der Waals surface area contributed by atoms with Crippen LogP contribution in [-0.2, 0) is 14.3 Å². The lowest BCUT2D eigenvalue weighted by molar-refractivity contribution is -0.151. The van der Waals surface area contributed by atoms with Gasteiger partial charge in [0, 0.05) is 6.42 Å². The van der Waals surface area contributed by atoms with Crippen LogP contribution >= 0.6 is 0 Å². The molecule has 0 saturated heterocycles. The zero-order chi connectivity index (χ0) is 10.8. The van der Waals surface area contributed by atoms with E-state index in [1.807, 2.05) is 6.92 Å². The molecule has 1 heterocycles. The van der Waals surface area contributed by atoms with Gasteiger partial charge in [0.15, 0.2) is 0 Å². The van der Waals surface area contributed by atoms with Gasteiger partial charge in [-0.25, -0.2) is 4.79 Å². The van der Waals surface area contributed by atoms with Gasteiger partial charge in [-0.2, -0.15) is 0 Å². The molecule has 80 valence electrons. The summed E-state index contributed by atoms with van der Waals surface area (Å²) in [5, 5.41) is 0. The SMILES string of the molecule is CCOC1=CC(=O)OC(C(C)(C)C)C1. The molecule has 14 heavy (non-hydrogen) atoms. The van der Waals surface area contributed by atoms with E-state index in [0.29, 0.717) is 13.0 Å². The minimum absolute atomic E-state index is 0.0354. The first-order valence-corrected chi connectivity index (χ1v) is 4.97. The van der Waals surface area contributed by atoms with Crippen molar-refractivity contribution in [2.24, 2.45) is 5.41 Å². The quantitative estimate of drug-likeness (QED) is 0.638. The molecule has 0 aromatic rings. The van der Waals surface area contributed by atoms with Crippen molar-refractivity contribution < 1.29 is 14.3 Å². The van der Waals surface area contributed by atoms with Crippen LogP contribution in [0.4, 0.5) is 0 Å². The van der Waals surface area contributed by atoms with Crippen molar-refractivity contribution in [1.82, 2.24) is 0 Å². The molecule has 0 saturated carbocycles. The van der Waals surface area contributed by atoms with Crippen molar-refractivity contribution in [3.63, 3.8) is 0 Å². The van der Waals surface area contributed by atoms with Crippen LogP contribution in [0.5, 0.6) is 0 Å². The number of hydrogen-bond donors (Lipinski definition) is 0. The summed E-state index contributed by atoms with van der Waals surface area (Å²) in [6.45, 7) is 8.67. The zero-order valence-electron chi connectivity index (χ0n) is 9.29. The van der Waals surface area contributed by atoms with Gasteiger partial charge in [0.1, 0.15) is 11.9 Å². The van der Waals surface area contributed by atoms with E-state index in [1.54, 1.807) is 0 Å². The molecule has 0 amide bonds. The van der Waals surface area contributed by atoms with Crippen LogP contribution in [0, 0.1) is 5.41 Å². The standard InChI is InChI=1S/C11H18O3/c1-5-13-8-6-9(11(2,3)4)14-10(12)7-8/h7,9H,5-6H2,1-4H3. The smallest absolute Gasteiger partial charge is 0.334 e. The minimum Gasteiger partial charge on any atom is -0.498 e. The van der Waals surface area contributed by atoms with Crippen molar-refractivity contribution in [2.45, 2.75) is 40.2 Å². The van der Waals surface area contributed by atoms with Crippen LogP contribution < -0.4 is 0 Å². The molecule has 1 unspecified atom stereocenters. The molecule has 0 aromatic carbocycles. The van der Waals surface area contributed by atoms with Gasteiger partial charge in [-0.15, -0.1) is 0 Å².